The van der Waals surface area contributed by atoms with E-state index in [-0.39, 0.29) is 12.0 Å². The highest BCUT2D eigenvalue weighted by molar-refractivity contribution is 9.09. The molecule has 3 nitrogen and oxygen atoms in total. The van der Waals surface area contributed by atoms with Crippen LogP contribution in [0.5, 0.6) is 5.75 Å². The predicted molar refractivity (Wildman–Crippen MR) is 76.5 cm³/mol. The highest BCUT2D eigenvalue weighted by Gasteiger charge is 2.29. The van der Waals surface area contributed by atoms with Gasteiger partial charge in [-0.2, -0.15) is 0 Å². The van der Waals surface area contributed by atoms with Crippen LogP contribution < -0.4 is 9.64 Å². The fraction of sp³-hybridized carbons (Fsp3) is 0.500. The number of amides is 1. The summed E-state index contributed by atoms with van der Waals surface area (Å²) in [6.45, 7) is 4.80. The van der Waals surface area contributed by atoms with Crippen molar-refractivity contribution >= 4 is 27.5 Å². The smallest absolute Gasteiger partial charge is 0.227 e. The standard InChI is InChI=1S/C14H18BrNO2/c1-10(2)18-13-5-3-12(4-6-13)16-9-11(8-15)7-14(16)17/h3-6,10-11H,7-9H2,1-2H3. The molecule has 1 aromatic carbocycles. The van der Waals surface area contributed by atoms with Crippen molar-refractivity contribution in [1.82, 2.24) is 0 Å². The topological polar surface area (TPSA) is 29.5 Å². The molecule has 1 amide bonds. The van der Waals surface area contributed by atoms with Crippen molar-refractivity contribution in [3.05, 3.63) is 24.3 Å². The Morgan fingerprint density at radius 3 is 2.56 bits per heavy atom. The van der Waals surface area contributed by atoms with Gasteiger partial charge in [-0.15, -0.1) is 0 Å². The third-order valence-corrected chi connectivity index (χ3v) is 3.86. The molecule has 0 spiro atoms. The van der Waals surface area contributed by atoms with Crippen LogP contribution in [-0.4, -0.2) is 23.9 Å². The number of carbonyl (C=O) groups excluding carboxylic acids is 1. The number of alkyl halides is 1. The predicted octanol–water partition coefficient (Wildman–Crippen LogP) is 3.22. The van der Waals surface area contributed by atoms with Crippen LogP contribution in [0.15, 0.2) is 24.3 Å². The summed E-state index contributed by atoms with van der Waals surface area (Å²) < 4.78 is 5.59. The lowest BCUT2D eigenvalue weighted by Gasteiger charge is -2.17. The fourth-order valence-electron chi connectivity index (χ4n) is 2.11. The molecule has 1 aliphatic heterocycles. The van der Waals surface area contributed by atoms with Crippen LogP contribution in [0.4, 0.5) is 5.69 Å². The lowest BCUT2D eigenvalue weighted by Crippen LogP contribution is -2.24. The summed E-state index contributed by atoms with van der Waals surface area (Å²) in [6, 6.07) is 7.74. The minimum absolute atomic E-state index is 0.169. The molecule has 1 heterocycles. The summed E-state index contributed by atoms with van der Waals surface area (Å²) >= 11 is 3.44. The van der Waals surface area contributed by atoms with E-state index in [2.05, 4.69) is 15.9 Å². The van der Waals surface area contributed by atoms with Crippen LogP contribution in [-0.2, 0) is 4.79 Å². The molecule has 2 rings (SSSR count). The summed E-state index contributed by atoms with van der Waals surface area (Å²) in [5.74, 6) is 1.47. The van der Waals surface area contributed by atoms with Gasteiger partial charge in [0.1, 0.15) is 5.75 Å². The van der Waals surface area contributed by atoms with Gasteiger partial charge in [0.2, 0.25) is 5.91 Å². The molecule has 98 valence electrons. The van der Waals surface area contributed by atoms with Crippen molar-refractivity contribution in [3.8, 4) is 5.75 Å². The first kappa shape index (κ1) is 13.4. The van der Waals surface area contributed by atoms with E-state index in [1.807, 2.05) is 43.0 Å². The van der Waals surface area contributed by atoms with E-state index in [0.717, 1.165) is 23.3 Å². The van der Waals surface area contributed by atoms with E-state index in [1.54, 1.807) is 0 Å². The number of rotatable bonds is 4. The van der Waals surface area contributed by atoms with Crippen molar-refractivity contribution in [3.63, 3.8) is 0 Å². The molecular weight excluding hydrogens is 294 g/mol. The van der Waals surface area contributed by atoms with Gasteiger partial charge < -0.3 is 9.64 Å². The number of benzene rings is 1. The average Bonchev–Trinajstić information content (AvgIpc) is 2.71. The molecule has 4 heteroatoms. The Morgan fingerprint density at radius 2 is 2.06 bits per heavy atom. The lowest BCUT2D eigenvalue weighted by atomic mass is 10.2. The molecule has 0 bridgehead atoms. The zero-order valence-corrected chi connectivity index (χ0v) is 12.3. The van der Waals surface area contributed by atoms with Crippen LogP contribution in [0.25, 0.3) is 0 Å². The first-order valence-corrected chi connectivity index (χ1v) is 7.35. The van der Waals surface area contributed by atoms with E-state index < -0.39 is 0 Å². The maximum Gasteiger partial charge on any atom is 0.227 e. The highest BCUT2D eigenvalue weighted by Crippen LogP contribution is 2.27. The number of carbonyl (C=O) groups is 1. The van der Waals surface area contributed by atoms with Gasteiger partial charge in [-0.25, -0.2) is 0 Å². The molecule has 18 heavy (non-hydrogen) atoms. The lowest BCUT2D eigenvalue weighted by molar-refractivity contribution is -0.117. The monoisotopic (exact) mass is 311 g/mol. The van der Waals surface area contributed by atoms with Gasteiger partial charge in [0.25, 0.3) is 0 Å². The molecule has 1 saturated heterocycles. The molecule has 0 saturated carbocycles. The van der Waals surface area contributed by atoms with Crippen LogP contribution in [0.3, 0.4) is 0 Å². The van der Waals surface area contributed by atoms with Crippen LogP contribution >= 0.6 is 15.9 Å². The highest BCUT2D eigenvalue weighted by atomic mass is 79.9. The Kier molecular flexibility index (Phi) is 4.27. The van der Waals surface area contributed by atoms with Gasteiger partial charge in [-0.1, -0.05) is 15.9 Å². The number of nitrogens with zero attached hydrogens (tertiary/aromatic N) is 1. The summed E-state index contributed by atoms with van der Waals surface area (Å²) in [4.78, 5) is 13.7. The molecular formula is C14H18BrNO2. The second kappa shape index (κ2) is 5.74. The second-order valence-corrected chi connectivity index (χ2v) is 5.54. The molecule has 1 aromatic rings. The van der Waals surface area contributed by atoms with E-state index >= 15 is 0 Å². The molecule has 1 atom stereocenters. The van der Waals surface area contributed by atoms with Crippen LogP contribution in [0.1, 0.15) is 20.3 Å². The average molecular weight is 312 g/mol. The van der Waals surface area contributed by atoms with Crippen molar-refractivity contribution < 1.29 is 9.53 Å². The van der Waals surface area contributed by atoms with Crippen molar-refractivity contribution in [2.45, 2.75) is 26.4 Å². The largest absolute Gasteiger partial charge is 0.491 e. The SMILES string of the molecule is CC(C)Oc1ccc(N2CC(CBr)CC2=O)cc1. The Labute approximate surface area is 116 Å². The number of hydrogen-bond donors (Lipinski definition) is 0. The zero-order chi connectivity index (χ0) is 13.1. The van der Waals surface area contributed by atoms with Gasteiger partial charge >= 0.3 is 0 Å². The summed E-state index contributed by atoms with van der Waals surface area (Å²) in [5, 5.41) is 0.879. The Morgan fingerprint density at radius 1 is 1.39 bits per heavy atom. The Bertz CT molecular complexity index is 416. The van der Waals surface area contributed by atoms with Gasteiger partial charge in [0.05, 0.1) is 6.10 Å². The number of hydrogen-bond acceptors (Lipinski definition) is 2. The van der Waals surface area contributed by atoms with Crippen molar-refractivity contribution in [1.29, 1.82) is 0 Å². The normalized spacial score (nSPS) is 19.7. The quantitative estimate of drug-likeness (QED) is 0.799. The molecule has 0 radical (unpaired) electrons. The molecule has 0 N–H and O–H groups in total. The minimum atomic E-state index is 0.169. The maximum atomic E-state index is 11.9. The third-order valence-electron chi connectivity index (χ3n) is 2.94. The number of ether oxygens (including phenoxy) is 1. The third kappa shape index (κ3) is 3.05. The van der Waals surface area contributed by atoms with Crippen LogP contribution in [0, 0.1) is 5.92 Å². The maximum absolute atomic E-state index is 11.9. The van der Waals surface area contributed by atoms with E-state index in [9.17, 15) is 4.79 Å². The first-order valence-electron chi connectivity index (χ1n) is 6.23. The molecule has 0 aromatic heterocycles. The second-order valence-electron chi connectivity index (χ2n) is 4.89. The fourth-order valence-corrected chi connectivity index (χ4v) is 2.54. The summed E-state index contributed by atoms with van der Waals surface area (Å²) in [6.07, 6.45) is 0.803. The molecule has 1 aliphatic rings. The molecule has 0 aliphatic carbocycles. The van der Waals surface area contributed by atoms with E-state index in [1.165, 1.54) is 0 Å². The van der Waals surface area contributed by atoms with Crippen molar-refractivity contribution in [2.75, 3.05) is 16.8 Å². The Hall–Kier alpha value is -1.03. The number of halogens is 1. The van der Waals surface area contributed by atoms with Gasteiger partial charge in [0, 0.05) is 24.0 Å². The van der Waals surface area contributed by atoms with E-state index in [0.29, 0.717) is 12.3 Å². The summed E-state index contributed by atoms with van der Waals surface area (Å²) in [7, 11) is 0. The Balaban J connectivity index is 2.08. The summed E-state index contributed by atoms with van der Waals surface area (Å²) in [5.41, 5.74) is 0.958. The first-order chi connectivity index (χ1) is 8.60. The minimum Gasteiger partial charge on any atom is -0.491 e. The van der Waals surface area contributed by atoms with E-state index in [4.69, 9.17) is 4.74 Å². The van der Waals surface area contributed by atoms with Crippen LogP contribution in [0.2, 0.25) is 0 Å². The number of anilines is 1. The zero-order valence-electron chi connectivity index (χ0n) is 10.7. The van der Waals surface area contributed by atoms with Gasteiger partial charge in [0.15, 0.2) is 0 Å². The molecule has 1 fully saturated rings. The van der Waals surface area contributed by atoms with Gasteiger partial charge in [-0.05, 0) is 44.0 Å². The van der Waals surface area contributed by atoms with Crippen molar-refractivity contribution in [2.24, 2.45) is 5.92 Å². The molecule has 1 unspecified atom stereocenters. The van der Waals surface area contributed by atoms with Gasteiger partial charge in [-0.3, -0.25) is 4.79 Å².